The Labute approximate surface area is 149 Å². The summed E-state index contributed by atoms with van der Waals surface area (Å²) in [5.74, 6) is 0.689. The van der Waals surface area contributed by atoms with Crippen molar-refractivity contribution in [2.24, 2.45) is 0 Å². The second-order valence-corrected chi connectivity index (χ2v) is 6.06. The molecular formula is C19H25N5O. The number of carbonyl (C=O) groups excluding carboxylic acids is 1. The Morgan fingerprint density at radius 3 is 2.16 bits per heavy atom. The monoisotopic (exact) mass is 339 g/mol. The molecule has 6 heteroatoms. The van der Waals surface area contributed by atoms with Crippen LogP contribution in [0.3, 0.4) is 0 Å². The van der Waals surface area contributed by atoms with Gasteiger partial charge in [-0.15, -0.1) is 0 Å². The average molecular weight is 339 g/mol. The van der Waals surface area contributed by atoms with E-state index >= 15 is 0 Å². The zero-order valence-corrected chi connectivity index (χ0v) is 14.9. The summed E-state index contributed by atoms with van der Waals surface area (Å²) in [5, 5.41) is 0. The summed E-state index contributed by atoms with van der Waals surface area (Å²) in [6.45, 7) is 8.95. The molecule has 1 aliphatic heterocycles. The molecule has 0 unspecified atom stereocenters. The smallest absolute Gasteiger partial charge is 0.257 e. The van der Waals surface area contributed by atoms with Crippen LogP contribution in [-0.2, 0) is 0 Å². The predicted molar refractivity (Wildman–Crippen MR) is 100 cm³/mol. The van der Waals surface area contributed by atoms with Crippen molar-refractivity contribution >= 4 is 17.5 Å². The molecule has 1 aromatic heterocycles. The van der Waals surface area contributed by atoms with E-state index in [9.17, 15) is 4.79 Å². The molecule has 132 valence electrons. The van der Waals surface area contributed by atoms with Gasteiger partial charge < -0.3 is 14.7 Å². The van der Waals surface area contributed by atoms with E-state index in [0.29, 0.717) is 24.6 Å². The normalized spacial score (nSPS) is 14.5. The third kappa shape index (κ3) is 3.90. The molecule has 6 nitrogen and oxygen atoms in total. The van der Waals surface area contributed by atoms with E-state index in [4.69, 9.17) is 0 Å². The van der Waals surface area contributed by atoms with Gasteiger partial charge in [-0.05, 0) is 26.0 Å². The van der Waals surface area contributed by atoms with Crippen molar-refractivity contribution in [1.29, 1.82) is 0 Å². The first-order valence-electron chi connectivity index (χ1n) is 8.89. The fourth-order valence-corrected chi connectivity index (χ4v) is 3.09. The predicted octanol–water partition coefficient (Wildman–Crippen LogP) is 2.29. The van der Waals surface area contributed by atoms with Gasteiger partial charge in [-0.1, -0.05) is 18.2 Å². The minimum atomic E-state index is 0.0128. The summed E-state index contributed by atoms with van der Waals surface area (Å²) in [7, 11) is 0. The van der Waals surface area contributed by atoms with Gasteiger partial charge in [0.2, 0.25) is 5.95 Å². The van der Waals surface area contributed by atoms with Crippen molar-refractivity contribution < 1.29 is 4.79 Å². The molecule has 0 aliphatic carbocycles. The molecule has 1 aromatic carbocycles. The van der Waals surface area contributed by atoms with E-state index in [0.717, 1.165) is 26.2 Å². The van der Waals surface area contributed by atoms with Crippen LogP contribution in [0.4, 0.5) is 11.6 Å². The molecule has 0 bridgehead atoms. The lowest BCUT2D eigenvalue weighted by Gasteiger charge is -2.36. The Morgan fingerprint density at radius 2 is 1.60 bits per heavy atom. The van der Waals surface area contributed by atoms with Gasteiger partial charge in [-0.25, -0.2) is 9.97 Å². The first-order valence-corrected chi connectivity index (χ1v) is 8.89. The number of para-hydroxylation sites is 1. The van der Waals surface area contributed by atoms with Crippen LogP contribution in [0.15, 0.2) is 42.7 Å². The van der Waals surface area contributed by atoms with Gasteiger partial charge in [0.15, 0.2) is 0 Å². The van der Waals surface area contributed by atoms with Crippen molar-refractivity contribution in [2.45, 2.75) is 13.8 Å². The lowest BCUT2D eigenvalue weighted by Crippen LogP contribution is -2.48. The maximum atomic E-state index is 12.7. The van der Waals surface area contributed by atoms with Crippen molar-refractivity contribution in [3.63, 3.8) is 0 Å². The first-order chi connectivity index (χ1) is 12.2. The van der Waals surface area contributed by atoms with E-state index in [1.54, 1.807) is 12.4 Å². The van der Waals surface area contributed by atoms with Crippen molar-refractivity contribution in [3.8, 4) is 0 Å². The highest BCUT2D eigenvalue weighted by molar-refractivity contribution is 5.93. The molecule has 1 amide bonds. The summed E-state index contributed by atoms with van der Waals surface area (Å²) >= 11 is 0. The molecule has 1 fully saturated rings. The van der Waals surface area contributed by atoms with Gasteiger partial charge in [-0.3, -0.25) is 4.79 Å². The van der Waals surface area contributed by atoms with Crippen LogP contribution in [0.2, 0.25) is 0 Å². The number of anilines is 2. The van der Waals surface area contributed by atoms with E-state index in [-0.39, 0.29) is 5.91 Å². The van der Waals surface area contributed by atoms with Crippen LogP contribution in [0.25, 0.3) is 0 Å². The van der Waals surface area contributed by atoms with Gasteiger partial charge in [-0.2, -0.15) is 0 Å². The van der Waals surface area contributed by atoms with Crippen LogP contribution >= 0.6 is 0 Å². The van der Waals surface area contributed by atoms with Gasteiger partial charge >= 0.3 is 0 Å². The third-order valence-corrected chi connectivity index (χ3v) is 4.62. The molecule has 0 radical (unpaired) electrons. The van der Waals surface area contributed by atoms with Crippen LogP contribution in [0.5, 0.6) is 0 Å². The standard InChI is InChI=1S/C19H25N5O/c1-3-22(4-2)19-20-14-16(15-21-19)18(25)24-12-10-23(11-13-24)17-8-6-5-7-9-17/h5-9,14-15H,3-4,10-13H2,1-2H3. The highest BCUT2D eigenvalue weighted by atomic mass is 16.2. The van der Waals surface area contributed by atoms with E-state index in [2.05, 4.69) is 45.7 Å². The van der Waals surface area contributed by atoms with E-state index in [1.165, 1.54) is 5.69 Å². The quantitative estimate of drug-likeness (QED) is 0.836. The Hall–Kier alpha value is -2.63. The number of carbonyl (C=O) groups is 1. The number of rotatable bonds is 5. The highest BCUT2D eigenvalue weighted by Gasteiger charge is 2.23. The summed E-state index contributed by atoms with van der Waals surface area (Å²) in [5.41, 5.74) is 1.77. The van der Waals surface area contributed by atoms with Crippen LogP contribution in [0, 0.1) is 0 Å². The fourth-order valence-electron chi connectivity index (χ4n) is 3.09. The van der Waals surface area contributed by atoms with Gasteiger partial charge in [0.05, 0.1) is 5.56 Å². The number of hydrogen-bond donors (Lipinski definition) is 0. The Bertz CT molecular complexity index is 677. The second-order valence-electron chi connectivity index (χ2n) is 6.06. The minimum Gasteiger partial charge on any atom is -0.368 e. The lowest BCUT2D eigenvalue weighted by molar-refractivity contribution is 0.0746. The van der Waals surface area contributed by atoms with Crippen LogP contribution in [-0.4, -0.2) is 60.0 Å². The zero-order chi connectivity index (χ0) is 17.6. The van der Waals surface area contributed by atoms with Gasteiger partial charge in [0, 0.05) is 57.3 Å². The SMILES string of the molecule is CCN(CC)c1ncc(C(=O)N2CCN(c3ccccc3)CC2)cn1. The number of piperazine rings is 1. The molecule has 3 rings (SSSR count). The number of nitrogens with zero attached hydrogens (tertiary/aromatic N) is 5. The maximum Gasteiger partial charge on any atom is 0.257 e. The molecule has 2 heterocycles. The first kappa shape index (κ1) is 17.2. The molecule has 0 atom stereocenters. The maximum absolute atomic E-state index is 12.7. The summed E-state index contributed by atoms with van der Waals surface area (Å²) < 4.78 is 0. The zero-order valence-electron chi connectivity index (χ0n) is 14.9. The van der Waals surface area contributed by atoms with Crippen LogP contribution in [0.1, 0.15) is 24.2 Å². The summed E-state index contributed by atoms with van der Waals surface area (Å²) in [6.07, 6.45) is 3.29. The Balaban J connectivity index is 1.61. The molecule has 0 spiro atoms. The molecule has 25 heavy (non-hydrogen) atoms. The topological polar surface area (TPSA) is 52.6 Å². The number of hydrogen-bond acceptors (Lipinski definition) is 5. The molecular weight excluding hydrogens is 314 g/mol. The van der Waals surface area contributed by atoms with Crippen molar-refractivity contribution in [2.75, 3.05) is 49.1 Å². The Morgan fingerprint density at radius 1 is 1.00 bits per heavy atom. The molecule has 1 aliphatic rings. The molecule has 0 saturated carbocycles. The minimum absolute atomic E-state index is 0.0128. The summed E-state index contributed by atoms with van der Waals surface area (Å²) in [4.78, 5) is 27.6. The van der Waals surface area contributed by atoms with Gasteiger partial charge in [0.25, 0.3) is 5.91 Å². The number of benzene rings is 1. The second kappa shape index (κ2) is 7.96. The van der Waals surface area contributed by atoms with E-state index in [1.807, 2.05) is 23.1 Å². The molecule has 2 aromatic rings. The molecule has 0 N–H and O–H groups in total. The largest absolute Gasteiger partial charge is 0.368 e. The third-order valence-electron chi connectivity index (χ3n) is 4.62. The van der Waals surface area contributed by atoms with Crippen molar-refractivity contribution in [1.82, 2.24) is 14.9 Å². The van der Waals surface area contributed by atoms with Crippen molar-refractivity contribution in [3.05, 3.63) is 48.3 Å². The van der Waals surface area contributed by atoms with E-state index < -0.39 is 0 Å². The Kier molecular flexibility index (Phi) is 5.48. The average Bonchev–Trinajstić information content (AvgIpc) is 2.70. The van der Waals surface area contributed by atoms with Gasteiger partial charge in [0.1, 0.15) is 0 Å². The summed E-state index contributed by atoms with van der Waals surface area (Å²) in [6, 6.07) is 10.3. The van der Waals surface area contributed by atoms with Crippen LogP contribution < -0.4 is 9.80 Å². The fraction of sp³-hybridized carbons (Fsp3) is 0.421. The number of aromatic nitrogens is 2. The lowest BCUT2D eigenvalue weighted by atomic mass is 10.2. The highest BCUT2D eigenvalue weighted by Crippen LogP contribution is 2.17. The number of amides is 1. The molecule has 1 saturated heterocycles.